The first-order valence-electron chi connectivity index (χ1n) is 24.6. The van der Waals surface area contributed by atoms with Crippen LogP contribution in [0.2, 0.25) is 5.02 Å². The van der Waals surface area contributed by atoms with Crippen LogP contribution in [0, 0.1) is 0 Å². The highest BCUT2D eigenvalue weighted by Crippen LogP contribution is 2.54. The predicted molar refractivity (Wildman–Crippen MR) is 292 cm³/mol. The molecule has 10 rings (SSSR count). The molecule has 1 fully saturated rings. The molecule has 342 valence electrons. The first-order chi connectivity index (χ1) is 33.4. The Bertz CT molecular complexity index is 3020. The second-order valence-corrected chi connectivity index (χ2v) is 21.5. The van der Waals surface area contributed by atoms with Gasteiger partial charge in [0.05, 0.1) is 11.4 Å². The molecular weight excluding hydrogens is 856 g/mol. The zero-order valence-electron chi connectivity index (χ0n) is 40.8. The molecule has 2 unspecified atom stereocenters. The fraction of sp³-hybridized carbons (Fsp3) is 0.212. The number of hydrogen-bond donors (Lipinski definition) is 0. The third-order valence-electron chi connectivity index (χ3n) is 14.5. The van der Waals surface area contributed by atoms with Gasteiger partial charge < -0.3 is 0 Å². The third-order valence-corrected chi connectivity index (χ3v) is 14.8. The largest absolute Gasteiger partial charge is 0.256 e. The summed E-state index contributed by atoms with van der Waals surface area (Å²) in [5.74, 6) is 0.662. The van der Waals surface area contributed by atoms with Crippen molar-refractivity contribution in [3.8, 4) is 67.0 Å². The fourth-order valence-corrected chi connectivity index (χ4v) is 11.0. The van der Waals surface area contributed by atoms with Crippen molar-refractivity contribution in [2.45, 2.75) is 89.4 Å². The van der Waals surface area contributed by atoms with Crippen molar-refractivity contribution in [1.29, 1.82) is 0 Å². The first kappa shape index (κ1) is 45.9. The number of pyridine rings is 2. The van der Waals surface area contributed by atoms with Crippen LogP contribution in [0.15, 0.2) is 207 Å². The Kier molecular flexibility index (Phi) is 12.8. The highest BCUT2D eigenvalue weighted by atomic mass is 35.5. The monoisotopic (exact) mass is 916 g/mol. The van der Waals surface area contributed by atoms with E-state index in [0.717, 1.165) is 57.9 Å². The summed E-state index contributed by atoms with van der Waals surface area (Å²) in [6.45, 7) is 13.9. The quantitative estimate of drug-likeness (QED) is 0.144. The number of aromatic nitrogens is 2. The van der Waals surface area contributed by atoms with Gasteiger partial charge in [-0.25, -0.2) is 0 Å². The first-order valence-corrected chi connectivity index (χ1v) is 25.0. The van der Waals surface area contributed by atoms with E-state index in [1.54, 1.807) is 0 Å². The van der Waals surface area contributed by atoms with Gasteiger partial charge in [-0.05, 0) is 127 Å². The number of nitrogens with zero attached hydrogens (tertiary/aromatic N) is 2. The lowest BCUT2D eigenvalue weighted by Crippen LogP contribution is -2.22. The number of hydrogen-bond acceptors (Lipinski definition) is 2. The van der Waals surface area contributed by atoms with E-state index in [1.165, 1.54) is 61.2 Å². The molecule has 0 radical (unpaired) electrons. The molecule has 7 aromatic carbocycles. The molecule has 0 saturated heterocycles. The zero-order chi connectivity index (χ0) is 47.7. The molecule has 0 amide bonds. The van der Waals surface area contributed by atoms with Gasteiger partial charge in [0.25, 0.3) is 0 Å². The summed E-state index contributed by atoms with van der Waals surface area (Å²) in [7, 11) is 0. The van der Waals surface area contributed by atoms with Gasteiger partial charge in [-0.1, -0.05) is 229 Å². The maximum Gasteiger partial charge on any atom is 0.0708 e. The van der Waals surface area contributed by atoms with Crippen molar-refractivity contribution in [2.24, 2.45) is 0 Å². The van der Waals surface area contributed by atoms with Crippen LogP contribution in [0.1, 0.15) is 106 Å². The van der Waals surface area contributed by atoms with E-state index < -0.39 is 0 Å². The lowest BCUT2D eigenvalue weighted by Gasteiger charge is -2.38. The van der Waals surface area contributed by atoms with Crippen LogP contribution in [-0.4, -0.2) is 9.97 Å². The Hall–Kier alpha value is -6.87. The third kappa shape index (κ3) is 9.74. The molecule has 0 aliphatic heterocycles. The van der Waals surface area contributed by atoms with Crippen molar-refractivity contribution in [1.82, 2.24) is 9.97 Å². The summed E-state index contributed by atoms with van der Waals surface area (Å²) in [6.07, 6.45) is 7.23. The van der Waals surface area contributed by atoms with Crippen molar-refractivity contribution in [3.05, 3.63) is 239 Å². The van der Waals surface area contributed by atoms with Crippen LogP contribution in [0.4, 0.5) is 0 Å². The molecule has 2 heterocycles. The minimum Gasteiger partial charge on any atom is -0.256 e. The molecule has 0 spiro atoms. The smallest absolute Gasteiger partial charge is 0.0708 e. The van der Waals surface area contributed by atoms with Crippen molar-refractivity contribution < 1.29 is 0 Å². The van der Waals surface area contributed by atoms with Crippen LogP contribution in [0.25, 0.3) is 67.0 Å². The van der Waals surface area contributed by atoms with Crippen molar-refractivity contribution >= 4 is 11.6 Å². The van der Waals surface area contributed by atoms with Crippen LogP contribution < -0.4 is 0 Å². The van der Waals surface area contributed by atoms with Gasteiger partial charge in [0, 0.05) is 39.7 Å². The summed E-state index contributed by atoms with van der Waals surface area (Å²) in [4.78, 5) is 10.5. The van der Waals surface area contributed by atoms with E-state index in [1.807, 2.05) is 0 Å². The molecule has 2 aromatic heterocycles. The van der Waals surface area contributed by atoms with Crippen LogP contribution in [0.5, 0.6) is 0 Å². The SMILES string of the molecule is CC(C)(C)c1ccc(C2CC(c3ccccc3Cl)CC(c3ccc(C(C)(C)C)cc3-c3cnc(-c4ccccc4)cc3-c3ccccc3)C2)c(-c2cnc(-c3ccccc3)cc2-c2ccccc2)c1. The Morgan fingerprint density at radius 1 is 0.348 bits per heavy atom. The predicted octanol–water partition coefficient (Wildman–Crippen LogP) is 18.6. The Morgan fingerprint density at radius 2 is 0.696 bits per heavy atom. The average Bonchev–Trinajstić information content (AvgIpc) is 3.38. The minimum absolute atomic E-state index is 0.0585. The van der Waals surface area contributed by atoms with Gasteiger partial charge in [0.2, 0.25) is 0 Å². The number of halogens is 1. The lowest BCUT2D eigenvalue weighted by atomic mass is 9.66. The highest BCUT2D eigenvalue weighted by molar-refractivity contribution is 6.31. The Morgan fingerprint density at radius 3 is 1.07 bits per heavy atom. The fourth-order valence-electron chi connectivity index (χ4n) is 10.7. The molecule has 1 saturated carbocycles. The second-order valence-electron chi connectivity index (χ2n) is 21.1. The summed E-state index contributed by atoms with van der Waals surface area (Å²) in [6, 6.07) is 70.6. The molecule has 9 aromatic rings. The number of rotatable bonds is 9. The van der Waals surface area contributed by atoms with Crippen molar-refractivity contribution in [3.63, 3.8) is 0 Å². The van der Waals surface area contributed by atoms with Crippen LogP contribution in [0.3, 0.4) is 0 Å². The van der Waals surface area contributed by atoms with Gasteiger partial charge in [-0.2, -0.15) is 0 Å². The molecule has 1 aliphatic carbocycles. The molecule has 69 heavy (non-hydrogen) atoms. The van der Waals surface area contributed by atoms with E-state index in [2.05, 4.69) is 248 Å². The summed E-state index contributed by atoms with van der Waals surface area (Å²) < 4.78 is 0. The summed E-state index contributed by atoms with van der Waals surface area (Å²) in [5.41, 5.74) is 20.2. The Balaban J connectivity index is 1.18. The lowest BCUT2D eigenvalue weighted by molar-refractivity contribution is 0.352. The van der Waals surface area contributed by atoms with Gasteiger partial charge in [0.1, 0.15) is 0 Å². The van der Waals surface area contributed by atoms with Crippen molar-refractivity contribution in [2.75, 3.05) is 0 Å². The maximum absolute atomic E-state index is 7.23. The molecule has 3 heteroatoms. The topological polar surface area (TPSA) is 25.8 Å². The molecule has 0 N–H and O–H groups in total. The molecule has 0 bridgehead atoms. The molecule has 1 aliphatic rings. The molecular formula is C66H61ClN2. The van der Waals surface area contributed by atoms with E-state index >= 15 is 0 Å². The van der Waals surface area contributed by atoms with E-state index in [-0.39, 0.29) is 28.6 Å². The minimum atomic E-state index is -0.0585. The van der Waals surface area contributed by atoms with E-state index in [4.69, 9.17) is 21.6 Å². The number of benzene rings is 7. The van der Waals surface area contributed by atoms with E-state index in [9.17, 15) is 0 Å². The van der Waals surface area contributed by atoms with Gasteiger partial charge in [-0.15, -0.1) is 0 Å². The van der Waals surface area contributed by atoms with Gasteiger partial charge >= 0.3 is 0 Å². The molecule has 2 atom stereocenters. The van der Waals surface area contributed by atoms with Gasteiger partial charge in [-0.3, -0.25) is 9.97 Å². The average molecular weight is 918 g/mol. The summed E-state index contributed by atoms with van der Waals surface area (Å²) in [5, 5.41) is 0.840. The second kappa shape index (κ2) is 19.3. The van der Waals surface area contributed by atoms with Gasteiger partial charge in [0.15, 0.2) is 0 Å². The summed E-state index contributed by atoms with van der Waals surface area (Å²) >= 11 is 7.23. The Labute approximate surface area is 415 Å². The molecule has 2 nitrogen and oxygen atoms in total. The normalized spacial score (nSPS) is 16.3. The van der Waals surface area contributed by atoms with Crippen LogP contribution in [-0.2, 0) is 10.8 Å². The maximum atomic E-state index is 7.23. The highest BCUT2D eigenvalue weighted by Gasteiger charge is 2.36. The standard InChI is InChI=1S/C66H61ClN2/c1-65(2,3)51-31-33-53(58(38-51)60-42-68-63(46-25-15-9-16-26-46)40-56(60)44-21-11-7-12-22-44)48-35-49(37-50(36-48)55-29-19-20-30-62(55)67)54-34-32-52(66(4,5)6)39-59(54)61-43-69-64(47-27-17-10-18-28-47)41-57(61)45-23-13-8-14-24-45/h7-34,38-43,48-50H,35-37H2,1-6H3. The van der Waals surface area contributed by atoms with E-state index in [0.29, 0.717) is 0 Å². The zero-order valence-corrected chi connectivity index (χ0v) is 41.5. The van der Waals surface area contributed by atoms with Crippen LogP contribution >= 0.6 is 11.6 Å².